The van der Waals surface area contributed by atoms with E-state index >= 15 is 0 Å². The van der Waals surface area contributed by atoms with E-state index in [2.05, 4.69) is 16.0 Å². The van der Waals surface area contributed by atoms with E-state index in [1.54, 1.807) is 0 Å². The third kappa shape index (κ3) is 4.03. The minimum absolute atomic E-state index is 0.149. The van der Waals surface area contributed by atoms with E-state index in [-0.39, 0.29) is 17.7 Å². The summed E-state index contributed by atoms with van der Waals surface area (Å²) in [5, 5.41) is 0. The fraction of sp³-hybridized carbons (Fsp3) is 0.588. The first-order valence-electron chi connectivity index (χ1n) is 8.76. The number of quaternary nitrogens is 1. The summed E-state index contributed by atoms with van der Waals surface area (Å²) < 4.78 is 0. The molecule has 0 unspecified atom stereocenters. The minimum atomic E-state index is -0.285. The van der Waals surface area contributed by atoms with Gasteiger partial charge in [-0.15, -0.1) is 0 Å². The topological polar surface area (TPSA) is 85.2 Å². The van der Waals surface area contributed by atoms with Gasteiger partial charge < -0.3 is 15.5 Å². The second kappa shape index (κ2) is 7.61. The molecule has 0 aliphatic carbocycles. The number of primary amides is 1. The van der Waals surface area contributed by atoms with E-state index in [1.165, 1.54) is 4.90 Å². The molecule has 2 aliphatic heterocycles. The van der Waals surface area contributed by atoms with Crippen LogP contribution in [0.4, 0.5) is 5.82 Å². The highest BCUT2D eigenvalue weighted by Crippen LogP contribution is 2.15. The van der Waals surface area contributed by atoms with Gasteiger partial charge in [-0.3, -0.25) is 14.5 Å². The first-order chi connectivity index (χ1) is 11.6. The number of carbonyl (C=O) groups excluding carboxylic acids is 2. The van der Waals surface area contributed by atoms with Crippen molar-refractivity contribution in [3.8, 4) is 0 Å². The van der Waals surface area contributed by atoms with Gasteiger partial charge in [0, 0.05) is 19.2 Å². The Bertz CT molecular complexity index is 572. The lowest BCUT2D eigenvalue weighted by Crippen LogP contribution is -3.16. The molecule has 2 amide bonds. The highest BCUT2D eigenvalue weighted by atomic mass is 16.2. The molecule has 1 aromatic rings. The van der Waals surface area contributed by atoms with Crippen molar-refractivity contribution < 1.29 is 19.5 Å². The number of aromatic amines is 1. The summed E-state index contributed by atoms with van der Waals surface area (Å²) in [6, 6.07) is 6.08. The number of anilines is 1. The number of nitrogens with zero attached hydrogens (tertiary/aromatic N) is 2. The summed E-state index contributed by atoms with van der Waals surface area (Å²) in [7, 11) is 0. The summed E-state index contributed by atoms with van der Waals surface area (Å²) in [6.07, 6.45) is 3.61. The smallest absolute Gasteiger partial charge is 0.277 e. The lowest BCUT2D eigenvalue weighted by molar-refractivity contribution is -0.892. The molecule has 130 valence electrons. The van der Waals surface area contributed by atoms with Crippen molar-refractivity contribution in [2.24, 2.45) is 11.7 Å². The second-order valence-corrected chi connectivity index (χ2v) is 6.74. The van der Waals surface area contributed by atoms with Crippen molar-refractivity contribution in [1.82, 2.24) is 4.90 Å². The highest BCUT2D eigenvalue weighted by Gasteiger charge is 2.31. The van der Waals surface area contributed by atoms with Crippen LogP contribution in [0.3, 0.4) is 0 Å². The normalized spacial score (nSPS) is 22.4. The van der Waals surface area contributed by atoms with Crippen LogP contribution < -0.4 is 20.5 Å². The zero-order chi connectivity index (χ0) is 16.9. The molecule has 1 atom stereocenters. The van der Waals surface area contributed by atoms with Gasteiger partial charge in [-0.25, -0.2) is 4.98 Å². The van der Waals surface area contributed by atoms with Gasteiger partial charge in [0.25, 0.3) is 11.7 Å². The van der Waals surface area contributed by atoms with E-state index in [9.17, 15) is 9.59 Å². The molecule has 2 fully saturated rings. The molecular formula is C17H27N5O2+2. The molecule has 0 bridgehead atoms. The average molecular weight is 333 g/mol. The van der Waals surface area contributed by atoms with Crippen molar-refractivity contribution in [3.63, 3.8) is 0 Å². The number of nitrogens with one attached hydrogen (secondary N) is 2. The molecule has 2 saturated heterocycles. The van der Waals surface area contributed by atoms with Gasteiger partial charge in [0.05, 0.1) is 12.1 Å². The molecule has 4 N–H and O–H groups in total. The van der Waals surface area contributed by atoms with Gasteiger partial charge in [-0.2, -0.15) is 0 Å². The van der Waals surface area contributed by atoms with Crippen LogP contribution in [0.25, 0.3) is 0 Å². The van der Waals surface area contributed by atoms with Gasteiger partial charge in [-0.1, -0.05) is 6.07 Å². The summed E-state index contributed by atoms with van der Waals surface area (Å²) in [4.78, 5) is 32.6. The van der Waals surface area contributed by atoms with E-state index in [0.29, 0.717) is 13.1 Å². The minimum Gasteiger partial charge on any atom is -0.369 e. The SMILES string of the molecule is NC(=O)[C@@H]1CCCN(C(=O)C[NH+]2CCN(c3cccc[nH+]3)CC2)C1. The number of carbonyl (C=O) groups is 2. The van der Waals surface area contributed by atoms with Crippen LogP contribution in [0.5, 0.6) is 0 Å². The predicted octanol–water partition coefficient (Wildman–Crippen LogP) is -2.07. The number of hydrogen-bond acceptors (Lipinski definition) is 3. The quantitative estimate of drug-likeness (QED) is 0.664. The van der Waals surface area contributed by atoms with E-state index in [1.807, 2.05) is 23.2 Å². The van der Waals surface area contributed by atoms with Crippen LogP contribution >= 0.6 is 0 Å². The highest BCUT2D eigenvalue weighted by molar-refractivity contribution is 5.80. The average Bonchev–Trinajstić information content (AvgIpc) is 2.63. The fourth-order valence-electron chi connectivity index (χ4n) is 3.58. The number of piperidine rings is 1. The maximum atomic E-state index is 12.5. The van der Waals surface area contributed by atoms with Crippen LogP contribution in [-0.2, 0) is 9.59 Å². The van der Waals surface area contributed by atoms with Crippen molar-refractivity contribution >= 4 is 17.6 Å². The lowest BCUT2D eigenvalue weighted by atomic mass is 9.97. The van der Waals surface area contributed by atoms with Gasteiger partial charge in [0.2, 0.25) is 5.91 Å². The largest absolute Gasteiger partial charge is 0.369 e. The van der Waals surface area contributed by atoms with Crippen molar-refractivity contribution in [2.75, 3.05) is 50.7 Å². The van der Waals surface area contributed by atoms with Gasteiger partial charge in [-0.05, 0) is 18.9 Å². The van der Waals surface area contributed by atoms with E-state index in [0.717, 1.165) is 51.4 Å². The first-order valence-corrected chi connectivity index (χ1v) is 8.76. The third-order valence-electron chi connectivity index (χ3n) is 5.08. The summed E-state index contributed by atoms with van der Waals surface area (Å²) in [6.45, 7) is 5.52. The Labute approximate surface area is 142 Å². The van der Waals surface area contributed by atoms with Gasteiger partial charge in [0.15, 0.2) is 6.54 Å². The molecule has 7 heteroatoms. The third-order valence-corrected chi connectivity index (χ3v) is 5.08. The molecular weight excluding hydrogens is 306 g/mol. The van der Waals surface area contributed by atoms with Crippen LogP contribution in [0.2, 0.25) is 0 Å². The molecule has 0 aromatic carbocycles. The zero-order valence-electron chi connectivity index (χ0n) is 14.0. The van der Waals surface area contributed by atoms with Crippen molar-refractivity contribution in [1.29, 1.82) is 0 Å². The number of rotatable bonds is 4. The Hall–Kier alpha value is -2.15. The maximum Gasteiger partial charge on any atom is 0.277 e. The number of aromatic nitrogens is 1. The molecule has 24 heavy (non-hydrogen) atoms. The van der Waals surface area contributed by atoms with Crippen molar-refractivity contribution in [3.05, 3.63) is 24.4 Å². The summed E-state index contributed by atoms with van der Waals surface area (Å²) >= 11 is 0. The second-order valence-electron chi connectivity index (χ2n) is 6.74. The van der Waals surface area contributed by atoms with E-state index in [4.69, 9.17) is 5.73 Å². The van der Waals surface area contributed by atoms with E-state index < -0.39 is 0 Å². The Morgan fingerprint density at radius 1 is 1.25 bits per heavy atom. The fourth-order valence-corrected chi connectivity index (χ4v) is 3.58. The summed E-state index contributed by atoms with van der Waals surface area (Å²) in [5.74, 6) is 0.814. The molecule has 7 nitrogen and oxygen atoms in total. The molecule has 3 rings (SSSR count). The first kappa shape index (κ1) is 16.7. The number of pyridine rings is 1. The summed E-state index contributed by atoms with van der Waals surface area (Å²) in [5.41, 5.74) is 5.39. The molecule has 0 radical (unpaired) electrons. The number of piperazine rings is 1. The zero-order valence-corrected chi connectivity index (χ0v) is 14.0. The van der Waals surface area contributed by atoms with Crippen LogP contribution in [0, 0.1) is 5.92 Å². The monoisotopic (exact) mass is 333 g/mol. The number of H-pyrrole nitrogens is 1. The Morgan fingerprint density at radius 3 is 2.71 bits per heavy atom. The Morgan fingerprint density at radius 2 is 2.04 bits per heavy atom. The lowest BCUT2D eigenvalue weighted by Gasteiger charge is -2.33. The number of nitrogens with two attached hydrogens (primary N) is 1. The molecule has 2 aliphatic rings. The van der Waals surface area contributed by atoms with Crippen LogP contribution in [-0.4, -0.2) is 62.5 Å². The Kier molecular flexibility index (Phi) is 5.30. The molecule has 1 aromatic heterocycles. The number of hydrogen-bond donors (Lipinski definition) is 2. The molecule has 3 heterocycles. The van der Waals surface area contributed by atoms with Crippen LogP contribution in [0.1, 0.15) is 12.8 Å². The molecule has 0 saturated carbocycles. The predicted molar refractivity (Wildman–Crippen MR) is 89.3 cm³/mol. The molecule has 0 spiro atoms. The standard InChI is InChI=1S/C17H25N5O2/c18-17(24)14-4-3-7-22(12-14)16(23)13-20-8-10-21(11-9-20)15-5-1-2-6-19-15/h1-2,5-6,14H,3-4,7-13H2,(H2,18,24)/p+2/t14-/m1/s1. The van der Waals surface area contributed by atoms with Gasteiger partial charge in [0.1, 0.15) is 26.2 Å². The Balaban J connectivity index is 1.47. The van der Waals surface area contributed by atoms with Crippen molar-refractivity contribution in [2.45, 2.75) is 12.8 Å². The number of amides is 2. The van der Waals surface area contributed by atoms with Gasteiger partial charge >= 0.3 is 0 Å². The van der Waals surface area contributed by atoms with Crippen LogP contribution in [0.15, 0.2) is 24.4 Å². The number of likely N-dealkylation sites (tertiary alicyclic amines) is 1. The maximum absolute atomic E-state index is 12.5.